The number of anilines is 2. The Morgan fingerprint density at radius 3 is 2.29 bits per heavy atom. The Kier molecular flexibility index (Phi) is 8.62. The number of benzene rings is 2. The first-order chi connectivity index (χ1) is 16.3. The van der Waals surface area contributed by atoms with Gasteiger partial charge in [-0.15, -0.1) is 0 Å². The lowest BCUT2D eigenvalue weighted by molar-refractivity contribution is -0.119. The highest BCUT2D eigenvalue weighted by atomic mass is 32.2. The lowest BCUT2D eigenvalue weighted by Gasteiger charge is -2.28. The zero-order valence-electron chi connectivity index (χ0n) is 19.4. The minimum Gasteiger partial charge on any atom is -0.452 e. The van der Waals surface area contributed by atoms with Crippen LogP contribution in [-0.2, 0) is 19.6 Å². The molecule has 0 aromatic heterocycles. The first-order valence-corrected chi connectivity index (χ1v) is 12.8. The summed E-state index contributed by atoms with van der Waals surface area (Å²) in [6.07, 6.45) is 3.58. The van der Waals surface area contributed by atoms with Crippen LogP contribution in [0.5, 0.6) is 0 Å². The molecule has 1 heterocycles. The summed E-state index contributed by atoms with van der Waals surface area (Å²) in [4.78, 5) is 26.3. The molecule has 184 valence electrons. The van der Waals surface area contributed by atoms with Gasteiger partial charge in [0.25, 0.3) is 5.91 Å². The number of carbonyl (C=O) groups is 2. The van der Waals surface area contributed by atoms with Crippen LogP contribution >= 0.6 is 0 Å². The van der Waals surface area contributed by atoms with E-state index in [2.05, 4.69) is 10.2 Å². The van der Waals surface area contributed by atoms with Gasteiger partial charge in [0.2, 0.25) is 10.0 Å². The second-order valence-corrected chi connectivity index (χ2v) is 9.86. The van der Waals surface area contributed by atoms with Crippen molar-refractivity contribution >= 4 is 33.3 Å². The minimum atomic E-state index is -4.10. The zero-order valence-corrected chi connectivity index (χ0v) is 20.2. The standard InChI is InChI=1S/C24H30FN3O5S/c1-3-28(4-2)34(31,32)22-16-18(8-13-21(22)25)24(30)33-17-23(29)26-19-9-11-20(12-10-19)27-14-6-5-7-15-27/h8-13,16H,3-7,14-15,17H2,1-2H3,(H,26,29). The van der Waals surface area contributed by atoms with E-state index in [1.165, 1.54) is 19.3 Å². The van der Waals surface area contributed by atoms with Gasteiger partial charge in [0.05, 0.1) is 5.56 Å². The normalized spacial score (nSPS) is 14.2. The van der Waals surface area contributed by atoms with Gasteiger partial charge < -0.3 is 15.0 Å². The van der Waals surface area contributed by atoms with E-state index in [0.717, 1.165) is 41.3 Å². The van der Waals surface area contributed by atoms with Crippen LogP contribution in [0, 0.1) is 5.82 Å². The molecule has 8 nitrogen and oxygen atoms in total. The molecule has 0 atom stereocenters. The van der Waals surface area contributed by atoms with E-state index in [-0.39, 0.29) is 18.7 Å². The number of nitrogens with zero attached hydrogens (tertiary/aromatic N) is 2. The summed E-state index contributed by atoms with van der Waals surface area (Å²) >= 11 is 0. The van der Waals surface area contributed by atoms with Crippen molar-refractivity contribution in [1.82, 2.24) is 4.31 Å². The number of hydrogen-bond donors (Lipinski definition) is 1. The van der Waals surface area contributed by atoms with Crippen LogP contribution in [0.2, 0.25) is 0 Å². The Morgan fingerprint density at radius 2 is 1.68 bits per heavy atom. The maximum absolute atomic E-state index is 14.2. The van der Waals surface area contributed by atoms with Crippen molar-refractivity contribution in [2.24, 2.45) is 0 Å². The van der Waals surface area contributed by atoms with Crippen molar-refractivity contribution < 1.29 is 27.1 Å². The Labute approximate surface area is 199 Å². The molecule has 0 radical (unpaired) electrons. The first kappa shape index (κ1) is 25.6. The Hall–Kier alpha value is -2.98. The Balaban J connectivity index is 1.59. The average Bonchev–Trinajstić information content (AvgIpc) is 2.84. The number of esters is 1. The predicted octanol–water partition coefficient (Wildman–Crippen LogP) is 3.64. The highest BCUT2D eigenvalue weighted by Crippen LogP contribution is 2.23. The number of piperidine rings is 1. The molecule has 0 bridgehead atoms. The van der Waals surface area contributed by atoms with Gasteiger partial charge in [-0.3, -0.25) is 4.79 Å². The molecule has 1 amide bonds. The molecule has 10 heteroatoms. The molecule has 3 rings (SSSR count). The molecule has 2 aromatic rings. The lowest BCUT2D eigenvalue weighted by Crippen LogP contribution is -2.31. The fraction of sp³-hybridized carbons (Fsp3) is 0.417. The van der Waals surface area contributed by atoms with E-state index < -0.39 is 39.2 Å². The van der Waals surface area contributed by atoms with Crippen LogP contribution in [-0.4, -0.2) is 57.4 Å². The molecular formula is C24H30FN3O5S. The highest BCUT2D eigenvalue weighted by molar-refractivity contribution is 7.89. The number of hydrogen-bond acceptors (Lipinski definition) is 6. The van der Waals surface area contributed by atoms with Crippen LogP contribution in [0.25, 0.3) is 0 Å². The molecule has 0 saturated carbocycles. The predicted molar refractivity (Wildman–Crippen MR) is 128 cm³/mol. The van der Waals surface area contributed by atoms with Crippen LogP contribution in [0.1, 0.15) is 43.5 Å². The van der Waals surface area contributed by atoms with E-state index >= 15 is 0 Å². The summed E-state index contributed by atoms with van der Waals surface area (Å²) in [7, 11) is -4.10. The van der Waals surface area contributed by atoms with E-state index in [4.69, 9.17) is 4.74 Å². The number of nitrogens with one attached hydrogen (secondary N) is 1. The average molecular weight is 492 g/mol. The second kappa shape index (κ2) is 11.4. The molecule has 0 unspecified atom stereocenters. The largest absolute Gasteiger partial charge is 0.452 e. The summed E-state index contributed by atoms with van der Waals surface area (Å²) in [5.41, 5.74) is 1.50. The second-order valence-electron chi connectivity index (χ2n) is 7.95. The molecular weight excluding hydrogens is 461 g/mol. The van der Waals surface area contributed by atoms with Gasteiger partial charge in [-0.05, 0) is 61.7 Å². The zero-order chi connectivity index (χ0) is 24.7. The van der Waals surface area contributed by atoms with Gasteiger partial charge >= 0.3 is 5.97 Å². The Morgan fingerprint density at radius 1 is 1.03 bits per heavy atom. The molecule has 1 fully saturated rings. The maximum Gasteiger partial charge on any atom is 0.338 e. The van der Waals surface area contributed by atoms with E-state index in [1.807, 2.05) is 12.1 Å². The smallest absolute Gasteiger partial charge is 0.338 e. The number of amides is 1. The van der Waals surface area contributed by atoms with Crippen molar-refractivity contribution in [1.29, 1.82) is 0 Å². The number of sulfonamides is 1. The van der Waals surface area contributed by atoms with Gasteiger partial charge in [0.1, 0.15) is 10.7 Å². The van der Waals surface area contributed by atoms with E-state index in [9.17, 15) is 22.4 Å². The summed E-state index contributed by atoms with van der Waals surface area (Å²) in [6.45, 7) is 5.06. The maximum atomic E-state index is 14.2. The van der Waals surface area contributed by atoms with Crippen molar-refractivity contribution in [2.45, 2.75) is 38.0 Å². The summed E-state index contributed by atoms with van der Waals surface area (Å²) in [5, 5.41) is 2.66. The van der Waals surface area contributed by atoms with Crippen molar-refractivity contribution in [3.05, 3.63) is 53.8 Å². The summed E-state index contributed by atoms with van der Waals surface area (Å²) in [5.74, 6) is -2.43. The third-order valence-electron chi connectivity index (χ3n) is 5.70. The van der Waals surface area contributed by atoms with Crippen LogP contribution in [0.15, 0.2) is 47.4 Å². The first-order valence-electron chi connectivity index (χ1n) is 11.4. The van der Waals surface area contributed by atoms with Gasteiger partial charge in [-0.1, -0.05) is 13.8 Å². The quantitative estimate of drug-likeness (QED) is 0.538. The molecule has 34 heavy (non-hydrogen) atoms. The number of rotatable bonds is 9. The molecule has 0 spiro atoms. The molecule has 0 aliphatic carbocycles. The SMILES string of the molecule is CCN(CC)S(=O)(=O)c1cc(C(=O)OCC(=O)Nc2ccc(N3CCCCC3)cc2)ccc1F. The van der Waals surface area contributed by atoms with Crippen molar-refractivity contribution in [2.75, 3.05) is 43.0 Å². The van der Waals surface area contributed by atoms with E-state index in [0.29, 0.717) is 5.69 Å². The van der Waals surface area contributed by atoms with Crippen LogP contribution < -0.4 is 10.2 Å². The topological polar surface area (TPSA) is 96.0 Å². The monoisotopic (exact) mass is 491 g/mol. The number of ether oxygens (including phenoxy) is 1. The summed E-state index contributed by atoms with van der Waals surface area (Å²) in [6, 6.07) is 10.4. The molecule has 1 aliphatic rings. The fourth-order valence-electron chi connectivity index (χ4n) is 3.85. The lowest BCUT2D eigenvalue weighted by atomic mass is 10.1. The van der Waals surface area contributed by atoms with Crippen molar-refractivity contribution in [3.63, 3.8) is 0 Å². The van der Waals surface area contributed by atoms with Crippen LogP contribution in [0.3, 0.4) is 0 Å². The van der Waals surface area contributed by atoms with Gasteiger partial charge in [-0.2, -0.15) is 4.31 Å². The highest BCUT2D eigenvalue weighted by Gasteiger charge is 2.27. The molecule has 1 aliphatic heterocycles. The van der Waals surface area contributed by atoms with Crippen LogP contribution in [0.4, 0.5) is 15.8 Å². The number of halogens is 1. The van der Waals surface area contributed by atoms with Crippen molar-refractivity contribution in [3.8, 4) is 0 Å². The Bertz CT molecular complexity index is 1110. The molecule has 1 N–H and O–H groups in total. The number of carbonyl (C=O) groups excluding carboxylic acids is 2. The van der Waals surface area contributed by atoms with E-state index in [1.54, 1.807) is 26.0 Å². The summed E-state index contributed by atoms with van der Waals surface area (Å²) < 4.78 is 45.6. The molecule has 2 aromatic carbocycles. The van der Waals surface area contributed by atoms with Gasteiger partial charge in [0.15, 0.2) is 6.61 Å². The fourth-order valence-corrected chi connectivity index (χ4v) is 5.40. The van der Waals surface area contributed by atoms with Gasteiger partial charge in [-0.25, -0.2) is 17.6 Å². The molecule has 1 saturated heterocycles. The van der Waals surface area contributed by atoms with Gasteiger partial charge in [0, 0.05) is 37.6 Å². The minimum absolute atomic E-state index is 0.159. The third-order valence-corrected chi connectivity index (χ3v) is 7.76. The third kappa shape index (κ3) is 6.12.